The summed E-state index contributed by atoms with van der Waals surface area (Å²) in [7, 11) is 0. The van der Waals surface area contributed by atoms with Crippen LogP contribution in [0.3, 0.4) is 0 Å². The molecule has 0 unspecified atom stereocenters. The van der Waals surface area contributed by atoms with Crippen molar-refractivity contribution >= 4 is 0 Å². The lowest BCUT2D eigenvalue weighted by Gasteiger charge is -2.39. The van der Waals surface area contributed by atoms with Crippen LogP contribution in [0.25, 0.3) is 0 Å². The van der Waals surface area contributed by atoms with E-state index in [1.165, 1.54) is 5.56 Å². The van der Waals surface area contributed by atoms with Gasteiger partial charge in [0.1, 0.15) is 0 Å². The van der Waals surface area contributed by atoms with E-state index in [1.807, 2.05) is 6.07 Å². The third kappa shape index (κ3) is 3.83. The molecule has 2 atom stereocenters. The fourth-order valence-corrected chi connectivity index (χ4v) is 2.49. The molecule has 1 fully saturated rings. The molecule has 2 rings (SSSR count). The molecule has 0 spiro atoms. The van der Waals surface area contributed by atoms with Crippen molar-refractivity contribution in [1.82, 2.24) is 0 Å². The lowest BCUT2D eigenvalue weighted by atomic mass is 9.99. The van der Waals surface area contributed by atoms with Crippen LogP contribution in [0.5, 0.6) is 0 Å². The van der Waals surface area contributed by atoms with Crippen LogP contribution < -0.4 is 0 Å². The van der Waals surface area contributed by atoms with Crippen molar-refractivity contribution < 1.29 is 9.47 Å². The fraction of sp³-hybridized carbons (Fsp3) is 0.600. The quantitative estimate of drug-likeness (QED) is 0.796. The Morgan fingerprint density at radius 2 is 1.94 bits per heavy atom. The first-order chi connectivity index (χ1) is 8.05. The predicted octanol–water partition coefficient (Wildman–Crippen LogP) is 3.55. The molecule has 1 aromatic carbocycles. The summed E-state index contributed by atoms with van der Waals surface area (Å²) in [4.78, 5) is 0. The van der Waals surface area contributed by atoms with Gasteiger partial charge in [0.25, 0.3) is 0 Å². The van der Waals surface area contributed by atoms with Crippen molar-refractivity contribution in [3.8, 4) is 0 Å². The van der Waals surface area contributed by atoms with Gasteiger partial charge in [0.05, 0.1) is 11.7 Å². The normalized spacial score (nSPS) is 27.9. The van der Waals surface area contributed by atoms with Gasteiger partial charge in [-0.15, -0.1) is 0 Å². The van der Waals surface area contributed by atoms with Crippen LogP contribution in [0.2, 0.25) is 0 Å². The summed E-state index contributed by atoms with van der Waals surface area (Å²) in [5.74, 6) is 0. The van der Waals surface area contributed by atoms with Gasteiger partial charge < -0.3 is 9.47 Å². The number of hydrogen-bond acceptors (Lipinski definition) is 2. The Bertz CT molecular complexity index is 345. The van der Waals surface area contributed by atoms with E-state index < -0.39 is 0 Å². The Morgan fingerprint density at radius 1 is 1.24 bits per heavy atom. The van der Waals surface area contributed by atoms with E-state index in [0.29, 0.717) is 6.10 Å². The first-order valence-corrected chi connectivity index (χ1v) is 6.42. The van der Waals surface area contributed by atoms with Gasteiger partial charge >= 0.3 is 0 Å². The van der Waals surface area contributed by atoms with Crippen molar-refractivity contribution in [3.63, 3.8) is 0 Å². The van der Waals surface area contributed by atoms with Crippen molar-refractivity contribution in [3.05, 3.63) is 35.9 Å². The highest BCUT2D eigenvalue weighted by Gasteiger charge is 2.32. The lowest BCUT2D eigenvalue weighted by Crippen LogP contribution is -2.43. The Balaban J connectivity index is 1.87. The molecule has 0 bridgehead atoms. The van der Waals surface area contributed by atoms with E-state index in [2.05, 4.69) is 45.0 Å². The minimum Gasteiger partial charge on any atom is -0.350 e. The average Bonchev–Trinajstić information content (AvgIpc) is 2.25. The molecule has 1 heterocycles. The molecular formula is C15H22O2. The van der Waals surface area contributed by atoms with Crippen LogP contribution in [-0.2, 0) is 15.9 Å². The topological polar surface area (TPSA) is 18.5 Å². The highest BCUT2D eigenvalue weighted by atomic mass is 16.7. The monoisotopic (exact) mass is 234 g/mol. The maximum Gasteiger partial charge on any atom is 0.158 e. The average molecular weight is 234 g/mol. The number of rotatable bonds is 3. The molecule has 1 saturated heterocycles. The number of benzene rings is 1. The van der Waals surface area contributed by atoms with Crippen molar-refractivity contribution in [2.45, 2.75) is 58.0 Å². The molecule has 2 nitrogen and oxygen atoms in total. The fourth-order valence-electron chi connectivity index (χ4n) is 2.49. The van der Waals surface area contributed by atoms with Crippen molar-refractivity contribution in [2.24, 2.45) is 0 Å². The molecule has 0 amide bonds. The van der Waals surface area contributed by atoms with Gasteiger partial charge in [-0.05, 0) is 32.8 Å². The largest absolute Gasteiger partial charge is 0.350 e. The van der Waals surface area contributed by atoms with Gasteiger partial charge in [0.2, 0.25) is 0 Å². The Labute approximate surface area is 104 Å². The van der Waals surface area contributed by atoms with Gasteiger partial charge in [-0.1, -0.05) is 30.3 Å². The second-order valence-corrected chi connectivity index (χ2v) is 5.48. The summed E-state index contributed by atoms with van der Waals surface area (Å²) in [6.07, 6.45) is 3.13. The summed E-state index contributed by atoms with van der Waals surface area (Å²) in [5.41, 5.74) is 1.29. The molecular weight excluding hydrogens is 212 g/mol. The van der Waals surface area contributed by atoms with E-state index >= 15 is 0 Å². The summed E-state index contributed by atoms with van der Waals surface area (Å²) in [5, 5.41) is 0. The van der Waals surface area contributed by atoms with Gasteiger partial charge in [-0.25, -0.2) is 0 Å². The molecule has 1 aliphatic rings. The molecule has 0 aliphatic carbocycles. The van der Waals surface area contributed by atoms with Gasteiger partial charge in [-0.3, -0.25) is 0 Å². The van der Waals surface area contributed by atoms with Crippen LogP contribution in [0.15, 0.2) is 30.3 Å². The molecule has 0 saturated carbocycles. The van der Waals surface area contributed by atoms with E-state index in [4.69, 9.17) is 9.47 Å². The minimum atomic E-state index is -0.0612. The van der Waals surface area contributed by atoms with Gasteiger partial charge in [-0.2, -0.15) is 0 Å². The van der Waals surface area contributed by atoms with Crippen LogP contribution in [0.4, 0.5) is 0 Å². The molecule has 0 aromatic heterocycles. The summed E-state index contributed by atoms with van der Waals surface area (Å²) < 4.78 is 11.8. The summed E-state index contributed by atoms with van der Waals surface area (Å²) in [6.45, 7) is 6.41. The van der Waals surface area contributed by atoms with Crippen LogP contribution in [0, 0.1) is 0 Å². The van der Waals surface area contributed by atoms with Crippen molar-refractivity contribution in [1.29, 1.82) is 0 Å². The van der Waals surface area contributed by atoms with Gasteiger partial charge in [0, 0.05) is 12.8 Å². The van der Waals surface area contributed by atoms with E-state index in [9.17, 15) is 0 Å². The predicted molar refractivity (Wildman–Crippen MR) is 68.9 cm³/mol. The summed E-state index contributed by atoms with van der Waals surface area (Å²) in [6, 6.07) is 10.5. The first-order valence-electron chi connectivity index (χ1n) is 6.42. The molecule has 94 valence electrons. The van der Waals surface area contributed by atoms with E-state index in [0.717, 1.165) is 19.3 Å². The number of hydrogen-bond donors (Lipinski definition) is 0. The Morgan fingerprint density at radius 3 is 2.59 bits per heavy atom. The second-order valence-electron chi connectivity index (χ2n) is 5.48. The first kappa shape index (κ1) is 12.6. The highest BCUT2D eigenvalue weighted by Crippen LogP contribution is 2.29. The third-order valence-electron chi connectivity index (χ3n) is 3.13. The molecule has 2 heteroatoms. The number of aryl methyl sites for hydroxylation is 1. The Hall–Kier alpha value is -0.860. The third-order valence-corrected chi connectivity index (χ3v) is 3.13. The minimum absolute atomic E-state index is 0.0565. The molecule has 17 heavy (non-hydrogen) atoms. The molecule has 1 aromatic rings. The smallest absolute Gasteiger partial charge is 0.158 e. The zero-order valence-electron chi connectivity index (χ0n) is 11.0. The highest BCUT2D eigenvalue weighted by molar-refractivity contribution is 5.14. The SMILES string of the molecule is C[C@@H]1CC(C)(C)O[C@@H](CCc2ccccc2)O1. The second kappa shape index (κ2) is 5.19. The van der Waals surface area contributed by atoms with Crippen LogP contribution in [-0.4, -0.2) is 18.0 Å². The molecule has 1 aliphatic heterocycles. The standard InChI is InChI=1S/C15H22O2/c1-12-11-15(2,3)17-14(16-12)10-9-13-7-5-4-6-8-13/h4-8,12,14H,9-11H2,1-3H3/t12-,14+/m1/s1. The molecule has 0 radical (unpaired) electrons. The Kier molecular flexibility index (Phi) is 3.85. The number of ether oxygens (including phenoxy) is 2. The zero-order chi connectivity index (χ0) is 12.3. The summed E-state index contributed by atoms with van der Waals surface area (Å²) >= 11 is 0. The van der Waals surface area contributed by atoms with E-state index in [1.54, 1.807) is 0 Å². The zero-order valence-corrected chi connectivity index (χ0v) is 11.0. The van der Waals surface area contributed by atoms with Crippen LogP contribution in [0.1, 0.15) is 39.2 Å². The van der Waals surface area contributed by atoms with Gasteiger partial charge in [0.15, 0.2) is 6.29 Å². The maximum absolute atomic E-state index is 5.94. The van der Waals surface area contributed by atoms with E-state index in [-0.39, 0.29) is 11.9 Å². The maximum atomic E-state index is 5.94. The lowest BCUT2D eigenvalue weighted by molar-refractivity contribution is -0.270. The van der Waals surface area contributed by atoms with Crippen LogP contribution >= 0.6 is 0 Å². The van der Waals surface area contributed by atoms with Crippen molar-refractivity contribution in [2.75, 3.05) is 0 Å². The molecule has 0 N–H and O–H groups in total.